The highest BCUT2D eigenvalue weighted by Gasteiger charge is 2.38. The Morgan fingerprint density at radius 2 is 1.23 bits per heavy atom. The molecule has 0 N–H and O–H groups in total. The summed E-state index contributed by atoms with van der Waals surface area (Å²) < 4.78 is 17.8. The van der Waals surface area contributed by atoms with Crippen LogP contribution in [-0.4, -0.2) is 31.6 Å². The molecule has 0 aliphatic carbocycles. The highest BCUT2D eigenvalue weighted by atomic mass is 16.9. The molecule has 4 nitrogen and oxygen atoms in total. The van der Waals surface area contributed by atoms with E-state index in [1.54, 1.807) is 0 Å². The first kappa shape index (κ1) is 28.6. The standard InChI is InChI=1S/C27H52O4/c1-4-7-9-10-11-12-13-14-15-16-17-18-19-21-27(30-23-26(28)24-31-27)29-22-25(6-3)20-8-5-2/h25H,4-24H2,1-3H3. The molecule has 0 amide bonds. The summed E-state index contributed by atoms with van der Waals surface area (Å²) in [6.07, 6.45) is 22.8. The molecule has 0 spiro atoms. The number of ether oxygens (including phenoxy) is 3. The summed E-state index contributed by atoms with van der Waals surface area (Å²) in [4.78, 5) is 11.6. The number of ketones is 1. The predicted molar refractivity (Wildman–Crippen MR) is 129 cm³/mol. The summed E-state index contributed by atoms with van der Waals surface area (Å²) in [6, 6.07) is 0. The Morgan fingerprint density at radius 1 is 0.742 bits per heavy atom. The van der Waals surface area contributed by atoms with Gasteiger partial charge in [0.2, 0.25) is 0 Å². The lowest BCUT2D eigenvalue weighted by Gasteiger charge is -2.37. The molecule has 1 aliphatic rings. The molecule has 184 valence electrons. The van der Waals surface area contributed by atoms with Gasteiger partial charge in [-0.1, -0.05) is 117 Å². The Balaban J connectivity index is 2.15. The third-order valence-corrected chi connectivity index (χ3v) is 6.57. The van der Waals surface area contributed by atoms with Gasteiger partial charge in [0, 0.05) is 6.42 Å². The minimum Gasteiger partial charge on any atom is -0.327 e. The van der Waals surface area contributed by atoms with Crippen molar-refractivity contribution in [2.45, 2.75) is 142 Å². The van der Waals surface area contributed by atoms with Crippen molar-refractivity contribution < 1.29 is 19.0 Å². The number of unbranched alkanes of at least 4 members (excludes halogenated alkanes) is 13. The molecule has 1 rings (SSSR count). The fraction of sp³-hybridized carbons (Fsp3) is 0.963. The minimum atomic E-state index is -0.995. The van der Waals surface area contributed by atoms with Gasteiger partial charge in [-0.25, -0.2) is 0 Å². The summed E-state index contributed by atoms with van der Waals surface area (Å²) in [5, 5.41) is 0. The van der Waals surface area contributed by atoms with E-state index >= 15 is 0 Å². The maximum atomic E-state index is 11.6. The van der Waals surface area contributed by atoms with Gasteiger partial charge >= 0.3 is 0 Å². The lowest BCUT2D eigenvalue weighted by molar-refractivity contribution is -0.392. The number of carbonyl (C=O) groups excluding carboxylic acids is 1. The molecule has 0 saturated carbocycles. The maximum absolute atomic E-state index is 11.6. The fourth-order valence-electron chi connectivity index (χ4n) is 4.27. The Morgan fingerprint density at radius 3 is 1.71 bits per heavy atom. The smallest absolute Gasteiger partial charge is 0.283 e. The van der Waals surface area contributed by atoms with E-state index < -0.39 is 5.97 Å². The van der Waals surface area contributed by atoms with Crippen LogP contribution in [0.15, 0.2) is 0 Å². The summed E-state index contributed by atoms with van der Waals surface area (Å²) in [5.74, 6) is -0.457. The third kappa shape index (κ3) is 14.3. The monoisotopic (exact) mass is 440 g/mol. The number of hydrogen-bond acceptors (Lipinski definition) is 4. The summed E-state index contributed by atoms with van der Waals surface area (Å²) in [6.45, 7) is 7.61. The second kappa shape index (κ2) is 19.1. The Hall–Kier alpha value is -0.450. The van der Waals surface area contributed by atoms with Gasteiger partial charge in [0.05, 0.1) is 6.61 Å². The van der Waals surface area contributed by atoms with Gasteiger partial charge in [-0.05, 0) is 18.8 Å². The van der Waals surface area contributed by atoms with E-state index in [0.717, 1.165) is 19.3 Å². The van der Waals surface area contributed by atoms with Gasteiger partial charge in [-0.2, -0.15) is 0 Å². The van der Waals surface area contributed by atoms with Crippen molar-refractivity contribution in [2.24, 2.45) is 5.92 Å². The van der Waals surface area contributed by atoms with E-state index in [9.17, 15) is 4.79 Å². The van der Waals surface area contributed by atoms with E-state index in [1.807, 2.05) is 0 Å². The molecule has 1 fully saturated rings. The SMILES string of the molecule is CCCCCCCCCCCCCCCC1(OCC(CC)CCCC)OCC(=O)CO1. The van der Waals surface area contributed by atoms with Crippen LogP contribution < -0.4 is 0 Å². The number of rotatable bonds is 21. The van der Waals surface area contributed by atoms with E-state index in [4.69, 9.17) is 14.2 Å². The van der Waals surface area contributed by atoms with Crippen LogP contribution >= 0.6 is 0 Å². The largest absolute Gasteiger partial charge is 0.327 e. The predicted octanol–water partition coefficient (Wildman–Crippen LogP) is 7.97. The van der Waals surface area contributed by atoms with E-state index in [0.29, 0.717) is 12.5 Å². The van der Waals surface area contributed by atoms with Crippen LogP contribution in [0.4, 0.5) is 0 Å². The van der Waals surface area contributed by atoms with Crippen molar-refractivity contribution in [3.63, 3.8) is 0 Å². The van der Waals surface area contributed by atoms with Crippen LogP contribution in [0, 0.1) is 5.92 Å². The Kier molecular flexibility index (Phi) is 17.6. The molecule has 31 heavy (non-hydrogen) atoms. The summed E-state index contributed by atoms with van der Waals surface area (Å²) in [7, 11) is 0. The zero-order valence-corrected chi connectivity index (χ0v) is 21.1. The molecule has 0 aromatic heterocycles. The molecule has 0 aromatic rings. The molecule has 0 bridgehead atoms. The van der Waals surface area contributed by atoms with Crippen molar-refractivity contribution in [1.82, 2.24) is 0 Å². The molecular weight excluding hydrogens is 388 g/mol. The normalized spacial score (nSPS) is 17.2. The van der Waals surface area contributed by atoms with Gasteiger partial charge in [0.25, 0.3) is 5.97 Å². The van der Waals surface area contributed by atoms with Crippen LogP contribution in [0.3, 0.4) is 0 Å². The molecule has 0 aromatic carbocycles. The zero-order valence-electron chi connectivity index (χ0n) is 21.1. The number of hydrogen-bond donors (Lipinski definition) is 0. The zero-order chi connectivity index (χ0) is 22.6. The second-order valence-corrected chi connectivity index (χ2v) is 9.52. The Labute approximate surface area is 193 Å². The van der Waals surface area contributed by atoms with Gasteiger partial charge in [0.1, 0.15) is 13.2 Å². The van der Waals surface area contributed by atoms with Crippen molar-refractivity contribution in [2.75, 3.05) is 19.8 Å². The summed E-state index contributed by atoms with van der Waals surface area (Å²) in [5.41, 5.74) is 0. The van der Waals surface area contributed by atoms with Crippen LogP contribution in [0.25, 0.3) is 0 Å². The lowest BCUT2D eigenvalue weighted by Crippen LogP contribution is -2.47. The molecule has 1 unspecified atom stereocenters. The van der Waals surface area contributed by atoms with Crippen LogP contribution in [0.2, 0.25) is 0 Å². The van der Waals surface area contributed by atoms with Gasteiger partial charge in [-0.15, -0.1) is 0 Å². The molecule has 1 aliphatic heterocycles. The molecule has 1 saturated heterocycles. The first-order chi connectivity index (χ1) is 15.2. The third-order valence-electron chi connectivity index (χ3n) is 6.57. The van der Waals surface area contributed by atoms with E-state index in [1.165, 1.54) is 96.3 Å². The van der Waals surface area contributed by atoms with E-state index in [-0.39, 0.29) is 19.0 Å². The van der Waals surface area contributed by atoms with Crippen molar-refractivity contribution in [3.05, 3.63) is 0 Å². The molecule has 0 radical (unpaired) electrons. The van der Waals surface area contributed by atoms with Crippen LogP contribution in [-0.2, 0) is 19.0 Å². The van der Waals surface area contributed by atoms with Crippen molar-refractivity contribution >= 4 is 5.78 Å². The topological polar surface area (TPSA) is 44.8 Å². The van der Waals surface area contributed by atoms with Crippen molar-refractivity contribution in [3.8, 4) is 0 Å². The second-order valence-electron chi connectivity index (χ2n) is 9.52. The lowest BCUT2D eigenvalue weighted by atomic mass is 10.0. The van der Waals surface area contributed by atoms with Crippen LogP contribution in [0.5, 0.6) is 0 Å². The van der Waals surface area contributed by atoms with Gasteiger partial charge < -0.3 is 14.2 Å². The molecule has 4 heteroatoms. The van der Waals surface area contributed by atoms with E-state index in [2.05, 4.69) is 20.8 Å². The molecule has 1 heterocycles. The number of Topliss-reactive ketones (excluding diaryl/α,β-unsaturated/α-hetero) is 1. The highest BCUT2D eigenvalue weighted by molar-refractivity contribution is 5.81. The molecule has 1 atom stereocenters. The first-order valence-electron chi connectivity index (χ1n) is 13.6. The van der Waals surface area contributed by atoms with Gasteiger partial charge in [-0.3, -0.25) is 4.79 Å². The average molecular weight is 441 g/mol. The number of carbonyl (C=O) groups is 1. The Bertz CT molecular complexity index is 413. The molecular formula is C27H52O4. The average Bonchev–Trinajstić information content (AvgIpc) is 2.79. The highest BCUT2D eigenvalue weighted by Crippen LogP contribution is 2.28. The first-order valence-corrected chi connectivity index (χ1v) is 13.6. The van der Waals surface area contributed by atoms with Gasteiger partial charge in [0.15, 0.2) is 5.78 Å². The van der Waals surface area contributed by atoms with Crippen molar-refractivity contribution in [1.29, 1.82) is 0 Å². The summed E-state index contributed by atoms with van der Waals surface area (Å²) >= 11 is 0. The van der Waals surface area contributed by atoms with Crippen LogP contribution in [0.1, 0.15) is 136 Å². The quantitative estimate of drug-likeness (QED) is 0.170. The maximum Gasteiger partial charge on any atom is 0.283 e. The minimum absolute atomic E-state index is 0.00242. The fourth-order valence-corrected chi connectivity index (χ4v) is 4.27.